The van der Waals surface area contributed by atoms with E-state index in [-0.39, 0.29) is 11.1 Å². The summed E-state index contributed by atoms with van der Waals surface area (Å²) >= 11 is 0. The van der Waals surface area contributed by atoms with Gasteiger partial charge in [0.15, 0.2) is 0 Å². The highest BCUT2D eigenvalue weighted by atomic mass is 16.5. The molecular weight excluding hydrogens is 520 g/mol. The van der Waals surface area contributed by atoms with Gasteiger partial charge in [-0.25, -0.2) is 9.59 Å². The van der Waals surface area contributed by atoms with Crippen molar-refractivity contribution in [1.29, 1.82) is 0 Å². The van der Waals surface area contributed by atoms with Crippen molar-refractivity contribution >= 4 is 22.7 Å². The lowest BCUT2D eigenvalue weighted by atomic mass is 9.71. The topological polar surface area (TPSA) is 52.6 Å². The van der Waals surface area contributed by atoms with Crippen LogP contribution < -0.4 is 0 Å². The lowest BCUT2D eigenvalue weighted by molar-refractivity contribution is 0.0556. The second-order valence-electron chi connectivity index (χ2n) is 10.7. The van der Waals surface area contributed by atoms with Gasteiger partial charge in [-0.3, -0.25) is 0 Å². The molecule has 5 aromatic carbocycles. The molecule has 0 fully saturated rings. The molecule has 0 saturated carbocycles. The van der Waals surface area contributed by atoms with E-state index < -0.39 is 11.9 Å². The molecule has 4 heteroatoms. The summed E-state index contributed by atoms with van der Waals surface area (Å²) in [5.41, 5.74) is 11.2. The highest BCUT2D eigenvalue weighted by molar-refractivity contribution is 6.13. The number of esters is 2. The Labute approximate surface area is 246 Å². The summed E-state index contributed by atoms with van der Waals surface area (Å²) in [7, 11) is 2.73. The molecule has 1 aliphatic carbocycles. The summed E-state index contributed by atoms with van der Waals surface area (Å²) in [6, 6.07) is 28.5. The molecule has 0 heterocycles. The molecule has 5 aromatic rings. The minimum atomic E-state index is -0.552. The third kappa shape index (κ3) is 4.30. The number of fused-ring (bicyclic) bond motifs is 3. The van der Waals surface area contributed by atoms with Gasteiger partial charge in [0.2, 0.25) is 0 Å². The number of hydrogen-bond donors (Lipinski definition) is 0. The molecule has 1 aliphatic rings. The Kier molecular flexibility index (Phi) is 7.38. The van der Waals surface area contributed by atoms with Crippen LogP contribution in [0.1, 0.15) is 67.9 Å². The number of methoxy groups -OCH3 is 2. The molecule has 0 spiro atoms. The highest BCUT2D eigenvalue weighted by Gasteiger charge is 2.36. The Balaban J connectivity index is 1.82. The first-order chi connectivity index (χ1) is 20.5. The van der Waals surface area contributed by atoms with E-state index in [2.05, 4.69) is 38.1 Å². The van der Waals surface area contributed by atoms with Crippen molar-refractivity contribution in [1.82, 2.24) is 0 Å². The number of hydrogen-bond acceptors (Lipinski definition) is 4. The zero-order chi connectivity index (χ0) is 29.4. The van der Waals surface area contributed by atoms with Gasteiger partial charge in [-0.15, -0.1) is 0 Å². The molecule has 0 bridgehead atoms. The summed E-state index contributed by atoms with van der Waals surface area (Å²) in [5, 5.41) is 2.59. The SMILES string of the molecule is CCc1c2c(c(CC)c3ccccc13)Cc1c(c(-c3ccccc3)c(C(=O)OC)c(C(=O)OC)c1-c1ccccc1)C2. The van der Waals surface area contributed by atoms with E-state index in [0.717, 1.165) is 46.2 Å². The van der Waals surface area contributed by atoms with Crippen molar-refractivity contribution in [3.05, 3.63) is 129 Å². The smallest absolute Gasteiger partial charge is 0.339 e. The van der Waals surface area contributed by atoms with E-state index in [9.17, 15) is 9.59 Å². The van der Waals surface area contributed by atoms with Crippen molar-refractivity contribution < 1.29 is 19.1 Å². The Morgan fingerprint density at radius 2 is 0.905 bits per heavy atom. The molecule has 4 nitrogen and oxygen atoms in total. The first-order valence-electron chi connectivity index (χ1n) is 14.6. The molecular formula is C38H34O4. The van der Waals surface area contributed by atoms with Gasteiger partial charge in [-0.1, -0.05) is 98.8 Å². The largest absolute Gasteiger partial charge is 0.465 e. The normalized spacial score (nSPS) is 12.0. The minimum Gasteiger partial charge on any atom is -0.465 e. The second-order valence-corrected chi connectivity index (χ2v) is 10.7. The van der Waals surface area contributed by atoms with Crippen molar-refractivity contribution in [3.63, 3.8) is 0 Å². The van der Waals surface area contributed by atoms with E-state index in [1.165, 1.54) is 47.2 Å². The predicted octanol–water partition coefficient (Wildman–Crippen LogP) is 8.37. The first-order valence-corrected chi connectivity index (χ1v) is 14.6. The molecule has 0 unspecified atom stereocenters. The molecule has 0 saturated heterocycles. The van der Waals surface area contributed by atoms with Gasteiger partial charge >= 0.3 is 11.9 Å². The van der Waals surface area contributed by atoms with Crippen LogP contribution in [0, 0.1) is 0 Å². The van der Waals surface area contributed by atoms with Crippen LogP contribution in [0.2, 0.25) is 0 Å². The average Bonchev–Trinajstić information content (AvgIpc) is 3.05. The monoisotopic (exact) mass is 554 g/mol. The van der Waals surface area contributed by atoms with Gasteiger partial charge in [0.05, 0.1) is 25.3 Å². The lowest BCUT2D eigenvalue weighted by Crippen LogP contribution is -2.22. The Morgan fingerprint density at radius 3 is 1.24 bits per heavy atom. The van der Waals surface area contributed by atoms with Gasteiger partial charge in [-0.2, -0.15) is 0 Å². The van der Waals surface area contributed by atoms with Crippen LogP contribution >= 0.6 is 0 Å². The van der Waals surface area contributed by atoms with Crippen molar-refractivity contribution in [2.45, 2.75) is 39.5 Å². The van der Waals surface area contributed by atoms with E-state index >= 15 is 0 Å². The molecule has 42 heavy (non-hydrogen) atoms. The van der Waals surface area contributed by atoms with Crippen LogP contribution in [0.5, 0.6) is 0 Å². The number of ether oxygens (including phenoxy) is 2. The summed E-state index contributed by atoms with van der Waals surface area (Å²) < 4.78 is 10.8. The van der Waals surface area contributed by atoms with Gasteiger partial charge in [-0.05, 0) is 81.0 Å². The van der Waals surface area contributed by atoms with Crippen molar-refractivity contribution in [2.24, 2.45) is 0 Å². The van der Waals surface area contributed by atoms with Crippen LogP contribution in [-0.4, -0.2) is 26.2 Å². The number of aryl methyl sites for hydroxylation is 2. The number of rotatable bonds is 6. The van der Waals surface area contributed by atoms with E-state index in [1.807, 2.05) is 60.7 Å². The summed E-state index contributed by atoms with van der Waals surface area (Å²) in [4.78, 5) is 27.5. The van der Waals surface area contributed by atoms with E-state index in [4.69, 9.17) is 9.47 Å². The van der Waals surface area contributed by atoms with Crippen LogP contribution in [0.3, 0.4) is 0 Å². The molecule has 0 radical (unpaired) electrons. The fourth-order valence-electron chi connectivity index (χ4n) is 6.99. The molecule has 0 atom stereocenters. The maximum Gasteiger partial charge on any atom is 0.339 e. The molecule has 0 amide bonds. The standard InChI is InChI=1S/C38H34O4/c1-5-25-27-19-13-14-20-28(27)26(6-2)30-22-32-31(21-29(25)30)33(23-15-9-7-10-16-23)35(37(39)41-3)36(38(40)42-4)34(32)24-17-11-8-12-18-24/h7-20H,5-6,21-22H2,1-4H3. The first kappa shape index (κ1) is 27.5. The Hall–Kier alpha value is -4.70. The molecule has 0 aromatic heterocycles. The van der Waals surface area contributed by atoms with Crippen molar-refractivity contribution in [3.8, 4) is 22.3 Å². The van der Waals surface area contributed by atoms with Crippen molar-refractivity contribution in [2.75, 3.05) is 14.2 Å². The number of benzene rings is 5. The zero-order valence-electron chi connectivity index (χ0n) is 24.5. The van der Waals surface area contributed by atoms with E-state index in [1.54, 1.807) is 0 Å². The molecule has 210 valence electrons. The second kappa shape index (κ2) is 11.3. The van der Waals surface area contributed by atoms with Gasteiger partial charge in [0, 0.05) is 11.1 Å². The lowest BCUT2D eigenvalue weighted by Gasteiger charge is -2.32. The average molecular weight is 555 g/mol. The fourth-order valence-corrected chi connectivity index (χ4v) is 6.99. The van der Waals surface area contributed by atoms with Crippen LogP contribution in [-0.2, 0) is 35.2 Å². The number of carbonyl (C=O) groups is 2. The highest BCUT2D eigenvalue weighted by Crippen LogP contribution is 2.47. The Bertz CT molecular complexity index is 1700. The predicted molar refractivity (Wildman–Crippen MR) is 168 cm³/mol. The molecule has 6 rings (SSSR count). The summed E-state index contributed by atoms with van der Waals surface area (Å²) in [5.74, 6) is -1.10. The fraction of sp³-hybridized carbons (Fsp3) is 0.211. The van der Waals surface area contributed by atoms with Crippen LogP contribution in [0.4, 0.5) is 0 Å². The van der Waals surface area contributed by atoms with Crippen LogP contribution in [0.15, 0.2) is 84.9 Å². The summed E-state index contributed by atoms with van der Waals surface area (Å²) in [6.07, 6.45) is 3.11. The summed E-state index contributed by atoms with van der Waals surface area (Å²) in [6.45, 7) is 4.44. The molecule has 0 aliphatic heterocycles. The number of carbonyl (C=O) groups excluding carboxylic acids is 2. The minimum absolute atomic E-state index is 0.256. The zero-order valence-corrected chi connectivity index (χ0v) is 24.5. The van der Waals surface area contributed by atoms with Gasteiger partial charge in [0.1, 0.15) is 0 Å². The maximum atomic E-state index is 13.7. The molecule has 0 N–H and O–H groups in total. The van der Waals surface area contributed by atoms with Crippen LogP contribution in [0.25, 0.3) is 33.0 Å². The third-order valence-corrected chi connectivity index (χ3v) is 8.71. The third-order valence-electron chi connectivity index (χ3n) is 8.71. The van der Waals surface area contributed by atoms with Gasteiger partial charge < -0.3 is 9.47 Å². The maximum absolute atomic E-state index is 13.7. The van der Waals surface area contributed by atoms with E-state index in [0.29, 0.717) is 12.8 Å². The van der Waals surface area contributed by atoms with Gasteiger partial charge in [0.25, 0.3) is 0 Å². The quantitative estimate of drug-likeness (QED) is 0.194. The Morgan fingerprint density at radius 1 is 0.548 bits per heavy atom.